The standard InChI is InChI=1S/C23H28N2O4S/c1-6-21(26)24-20-16-22(2,3)25(23(20,4)5)30(27,28)19-14-12-18(13-15-19)29-17-10-8-7-9-11-17/h6-15,20H,1,16H2,2-5H3,(H,24,26). The number of rotatable bonds is 6. The van der Waals surface area contributed by atoms with Gasteiger partial charge in [0.25, 0.3) is 0 Å². The Bertz CT molecular complexity index is 1030. The van der Waals surface area contributed by atoms with Crippen molar-refractivity contribution in [1.82, 2.24) is 9.62 Å². The maximum absolute atomic E-state index is 13.6. The Morgan fingerprint density at radius 3 is 2.20 bits per heavy atom. The van der Waals surface area contributed by atoms with Crippen LogP contribution in [0, 0.1) is 0 Å². The molecule has 2 aromatic rings. The number of nitrogens with zero attached hydrogens (tertiary/aromatic N) is 1. The molecule has 1 heterocycles. The van der Waals surface area contributed by atoms with Crippen molar-refractivity contribution < 1.29 is 17.9 Å². The zero-order chi connectivity index (χ0) is 22.2. The smallest absolute Gasteiger partial charge is 0.244 e. The lowest BCUT2D eigenvalue weighted by atomic mass is 9.94. The molecule has 1 N–H and O–H groups in total. The Morgan fingerprint density at radius 1 is 1.07 bits per heavy atom. The summed E-state index contributed by atoms with van der Waals surface area (Å²) in [7, 11) is -3.82. The van der Waals surface area contributed by atoms with Crippen molar-refractivity contribution >= 4 is 15.9 Å². The maximum Gasteiger partial charge on any atom is 0.244 e. The van der Waals surface area contributed by atoms with E-state index in [-0.39, 0.29) is 16.8 Å². The van der Waals surface area contributed by atoms with E-state index >= 15 is 0 Å². The van der Waals surface area contributed by atoms with Crippen LogP contribution in [0.25, 0.3) is 0 Å². The third kappa shape index (κ3) is 4.13. The number of nitrogens with one attached hydrogen (secondary N) is 1. The summed E-state index contributed by atoms with van der Waals surface area (Å²) in [6.07, 6.45) is 1.69. The monoisotopic (exact) mass is 428 g/mol. The average Bonchev–Trinajstić information content (AvgIpc) is 2.86. The van der Waals surface area contributed by atoms with E-state index in [9.17, 15) is 13.2 Å². The predicted molar refractivity (Wildman–Crippen MR) is 117 cm³/mol. The average molecular weight is 429 g/mol. The first kappa shape index (κ1) is 22.1. The van der Waals surface area contributed by atoms with Crippen LogP contribution in [-0.4, -0.2) is 35.7 Å². The van der Waals surface area contributed by atoms with E-state index in [1.165, 1.54) is 10.4 Å². The minimum Gasteiger partial charge on any atom is -0.457 e. The largest absolute Gasteiger partial charge is 0.457 e. The van der Waals surface area contributed by atoms with Gasteiger partial charge in [0.2, 0.25) is 15.9 Å². The van der Waals surface area contributed by atoms with Gasteiger partial charge in [-0.15, -0.1) is 0 Å². The molecule has 0 bridgehead atoms. The summed E-state index contributed by atoms with van der Waals surface area (Å²) in [5, 5.41) is 2.88. The molecule has 1 saturated heterocycles. The van der Waals surface area contributed by atoms with E-state index in [4.69, 9.17) is 4.74 Å². The van der Waals surface area contributed by atoms with Crippen LogP contribution in [0.4, 0.5) is 0 Å². The highest BCUT2D eigenvalue weighted by Gasteiger charge is 2.57. The molecule has 0 saturated carbocycles. The third-order valence-corrected chi connectivity index (χ3v) is 7.79. The summed E-state index contributed by atoms with van der Waals surface area (Å²) in [6, 6.07) is 15.3. The van der Waals surface area contributed by atoms with E-state index in [1.54, 1.807) is 24.3 Å². The highest BCUT2D eigenvalue weighted by molar-refractivity contribution is 7.89. The van der Waals surface area contributed by atoms with Crippen LogP contribution in [-0.2, 0) is 14.8 Å². The molecule has 3 rings (SSSR count). The molecule has 1 aliphatic rings. The SMILES string of the molecule is C=CC(=O)NC1CC(C)(C)N(S(=O)(=O)c2ccc(Oc3ccccc3)cc2)C1(C)C. The Balaban J connectivity index is 1.89. The first-order valence-electron chi connectivity index (χ1n) is 9.80. The molecule has 6 nitrogen and oxygen atoms in total. The zero-order valence-electron chi connectivity index (χ0n) is 17.8. The number of para-hydroxylation sites is 1. The molecule has 1 atom stereocenters. The molecule has 1 fully saturated rings. The highest BCUT2D eigenvalue weighted by atomic mass is 32.2. The van der Waals surface area contributed by atoms with Crippen molar-refractivity contribution in [1.29, 1.82) is 0 Å². The number of sulfonamides is 1. The van der Waals surface area contributed by atoms with Gasteiger partial charge >= 0.3 is 0 Å². The van der Waals surface area contributed by atoms with Gasteiger partial charge in [0.15, 0.2) is 0 Å². The van der Waals surface area contributed by atoms with Crippen molar-refractivity contribution in [2.45, 2.75) is 56.1 Å². The normalized spacial score (nSPS) is 20.5. The number of hydrogen-bond acceptors (Lipinski definition) is 4. The molecule has 2 aromatic carbocycles. The fraction of sp³-hybridized carbons (Fsp3) is 0.348. The summed E-state index contributed by atoms with van der Waals surface area (Å²) in [6.45, 7) is 10.9. The van der Waals surface area contributed by atoms with Crippen LogP contribution in [0.1, 0.15) is 34.1 Å². The van der Waals surface area contributed by atoms with Gasteiger partial charge in [0.1, 0.15) is 11.5 Å². The number of benzene rings is 2. The lowest BCUT2D eigenvalue weighted by Crippen LogP contribution is -2.56. The summed E-state index contributed by atoms with van der Waals surface area (Å²) >= 11 is 0. The predicted octanol–water partition coefficient (Wildman–Crippen LogP) is 4.10. The summed E-state index contributed by atoms with van der Waals surface area (Å²) in [5.41, 5.74) is -1.50. The first-order chi connectivity index (χ1) is 14.0. The van der Waals surface area contributed by atoms with E-state index < -0.39 is 21.1 Å². The molecule has 1 unspecified atom stereocenters. The molecule has 1 amide bonds. The second kappa shape index (κ2) is 7.89. The number of amides is 1. The molecule has 30 heavy (non-hydrogen) atoms. The molecule has 0 aromatic heterocycles. The van der Waals surface area contributed by atoms with Crippen molar-refractivity contribution in [3.63, 3.8) is 0 Å². The van der Waals surface area contributed by atoms with Crippen LogP contribution in [0.3, 0.4) is 0 Å². The van der Waals surface area contributed by atoms with Crippen LogP contribution >= 0.6 is 0 Å². The molecule has 0 radical (unpaired) electrons. The molecule has 160 valence electrons. The fourth-order valence-corrected chi connectivity index (χ4v) is 6.42. The van der Waals surface area contributed by atoms with Gasteiger partial charge in [0.05, 0.1) is 10.4 Å². The highest BCUT2D eigenvalue weighted by Crippen LogP contribution is 2.45. The summed E-state index contributed by atoms with van der Waals surface area (Å²) < 4.78 is 34.4. The quantitative estimate of drug-likeness (QED) is 0.703. The molecular formula is C23H28N2O4S. The van der Waals surface area contributed by atoms with Gasteiger partial charge in [-0.05, 0) is 76.6 Å². The summed E-state index contributed by atoms with van der Waals surface area (Å²) in [4.78, 5) is 12.0. The Hall–Kier alpha value is -2.64. The Morgan fingerprint density at radius 2 is 1.63 bits per heavy atom. The van der Waals surface area contributed by atoms with Gasteiger partial charge in [-0.2, -0.15) is 4.31 Å². The topological polar surface area (TPSA) is 75.7 Å². The lowest BCUT2D eigenvalue weighted by Gasteiger charge is -2.40. The third-order valence-electron chi connectivity index (χ3n) is 5.47. The van der Waals surface area contributed by atoms with E-state index in [0.717, 1.165) is 0 Å². The second-order valence-electron chi connectivity index (χ2n) is 8.59. The first-order valence-corrected chi connectivity index (χ1v) is 11.2. The fourth-order valence-electron chi connectivity index (χ4n) is 4.26. The van der Waals surface area contributed by atoms with Crippen LogP contribution in [0.2, 0.25) is 0 Å². The second-order valence-corrected chi connectivity index (χ2v) is 10.4. The minimum absolute atomic E-state index is 0.180. The lowest BCUT2D eigenvalue weighted by molar-refractivity contribution is -0.117. The van der Waals surface area contributed by atoms with Crippen molar-refractivity contribution in [3.05, 3.63) is 67.3 Å². The number of carbonyl (C=O) groups excluding carboxylic acids is 1. The van der Waals surface area contributed by atoms with E-state index in [0.29, 0.717) is 17.9 Å². The van der Waals surface area contributed by atoms with Gasteiger partial charge in [-0.25, -0.2) is 8.42 Å². The van der Waals surface area contributed by atoms with Crippen molar-refractivity contribution in [3.8, 4) is 11.5 Å². The number of carbonyl (C=O) groups is 1. The molecule has 0 aliphatic carbocycles. The molecule has 7 heteroatoms. The molecular weight excluding hydrogens is 400 g/mol. The van der Waals surface area contributed by atoms with Crippen LogP contribution in [0.5, 0.6) is 11.5 Å². The van der Waals surface area contributed by atoms with Crippen LogP contribution < -0.4 is 10.1 Å². The number of ether oxygens (including phenoxy) is 1. The Kier molecular flexibility index (Phi) is 5.80. The van der Waals surface area contributed by atoms with E-state index in [1.807, 2.05) is 58.0 Å². The van der Waals surface area contributed by atoms with Gasteiger partial charge in [-0.3, -0.25) is 4.79 Å². The Labute approximate surface area is 178 Å². The van der Waals surface area contributed by atoms with Gasteiger partial charge < -0.3 is 10.1 Å². The maximum atomic E-state index is 13.6. The molecule has 0 spiro atoms. The van der Waals surface area contributed by atoms with Crippen molar-refractivity contribution in [2.75, 3.05) is 0 Å². The van der Waals surface area contributed by atoms with Gasteiger partial charge in [-0.1, -0.05) is 24.8 Å². The van der Waals surface area contributed by atoms with Crippen LogP contribution in [0.15, 0.2) is 72.1 Å². The zero-order valence-corrected chi connectivity index (χ0v) is 18.6. The van der Waals surface area contributed by atoms with Crippen molar-refractivity contribution in [2.24, 2.45) is 0 Å². The minimum atomic E-state index is -3.82. The number of hydrogen-bond donors (Lipinski definition) is 1. The summed E-state index contributed by atoms with van der Waals surface area (Å²) in [5.74, 6) is 0.914. The molecule has 1 aliphatic heterocycles. The van der Waals surface area contributed by atoms with E-state index in [2.05, 4.69) is 11.9 Å². The van der Waals surface area contributed by atoms with Gasteiger partial charge in [0, 0.05) is 11.6 Å².